The molecule has 0 atom stereocenters. The Morgan fingerprint density at radius 2 is 1.87 bits per heavy atom. The first-order valence-electron chi connectivity index (χ1n) is 5.46. The lowest BCUT2D eigenvalue weighted by Crippen LogP contribution is -2.29. The molecule has 1 aromatic rings. The van der Waals surface area contributed by atoms with Crippen molar-refractivity contribution in [2.24, 2.45) is 0 Å². The minimum absolute atomic E-state index is 0.146. The van der Waals surface area contributed by atoms with E-state index in [0.29, 0.717) is 0 Å². The van der Waals surface area contributed by atoms with E-state index in [9.17, 15) is 4.79 Å². The quantitative estimate of drug-likeness (QED) is 0.603. The fourth-order valence-corrected chi connectivity index (χ4v) is 2.66. The van der Waals surface area contributed by atoms with Gasteiger partial charge in [-0.3, -0.25) is 0 Å². The van der Waals surface area contributed by atoms with Crippen LogP contribution in [0.5, 0.6) is 0 Å². The number of hydrogen-bond donors (Lipinski definition) is 0. The Hall–Kier alpha value is -1.31. The Balaban J connectivity index is 2.10. The summed E-state index contributed by atoms with van der Waals surface area (Å²) in [6.07, 6.45) is 6.24. The maximum Gasteiger partial charge on any atom is 0.339 e. The summed E-state index contributed by atoms with van der Waals surface area (Å²) in [6, 6.07) is 7.78. The van der Waals surface area contributed by atoms with E-state index >= 15 is 0 Å². The van der Waals surface area contributed by atoms with Crippen molar-refractivity contribution in [3.05, 3.63) is 41.8 Å². The zero-order valence-corrected chi connectivity index (χ0v) is 8.53. The molecular formula is C13H13O2. The average Bonchev–Trinajstić information content (AvgIpc) is 2.55. The molecule has 0 amide bonds. The van der Waals surface area contributed by atoms with Crippen LogP contribution >= 0.6 is 0 Å². The summed E-state index contributed by atoms with van der Waals surface area (Å²) in [6.45, 7) is 0. The van der Waals surface area contributed by atoms with Gasteiger partial charge in [-0.25, -0.2) is 4.79 Å². The third-order valence-electron chi connectivity index (χ3n) is 3.43. The van der Waals surface area contributed by atoms with Crippen molar-refractivity contribution in [2.75, 3.05) is 0 Å². The monoisotopic (exact) mass is 201 g/mol. The summed E-state index contributed by atoms with van der Waals surface area (Å²) in [5.41, 5.74) is 1.56. The van der Waals surface area contributed by atoms with Crippen LogP contribution in [0.2, 0.25) is 0 Å². The van der Waals surface area contributed by atoms with Crippen LogP contribution in [0, 0.1) is 6.42 Å². The van der Waals surface area contributed by atoms with E-state index < -0.39 is 0 Å². The maximum absolute atomic E-state index is 11.7. The zero-order valence-electron chi connectivity index (χ0n) is 8.53. The molecule has 0 unspecified atom stereocenters. The van der Waals surface area contributed by atoms with Gasteiger partial charge in [0.1, 0.15) is 5.60 Å². The molecular weight excluding hydrogens is 188 g/mol. The highest BCUT2D eigenvalue weighted by Gasteiger charge is 2.45. The van der Waals surface area contributed by atoms with Crippen LogP contribution < -0.4 is 0 Å². The van der Waals surface area contributed by atoms with Gasteiger partial charge in [0.2, 0.25) is 0 Å². The van der Waals surface area contributed by atoms with Crippen molar-refractivity contribution in [1.82, 2.24) is 0 Å². The number of carbonyl (C=O) groups excluding carboxylic acids is 1. The largest absolute Gasteiger partial charge is 0.451 e. The molecule has 1 saturated carbocycles. The zero-order chi connectivity index (χ0) is 10.3. The number of benzene rings is 1. The van der Waals surface area contributed by atoms with E-state index in [4.69, 9.17) is 4.74 Å². The third-order valence-corrected chi connectivity index (χ3v) is 3.43. The molecule has 2 aliphatic rings. The van der Waals surface area contributed by atoms with E-state index in [0.717, 1.165) is 36.8 Å². The first-order valence-corrected chi connectivity index (χ1v) is 5.46. The molecule has 77 valence electrons. The van der Waals surface area contributed by atoms with Crippen LogP contribution in [0.4, 0.5) is 0 Å². The average molecular weight is 201 g/mol. The number of hydrogen-bond acceptors (Lipinski definition) is 2. The lowest BCUT2D eigenvalue weighted by molar-refractivity contribution is -0.0230. The van der Waals surface area contributed by atoms with Crippen LogP contribution in [-0.4, -0.2) is 5.97 Å². The molecule has 1 heterocycles. The van der Waals surface area contributed by atoms with Gasteiger partial charge in [0, 0.05) is 5.56 Å². The predicted octanol–water partition coefficient (Wildman–Crippen LogP) is 2.83. The van der Waals surface area contributed by atoms with Crippen molar-refractivity contribution < 1.29 is 9.53 Å². The minimum atomic E-state index is -0.303. The number of rotatable bonds is 0. The molecule has 0 bridgehead atoms. The summed E-state index contributed by atoms with van der Waals surface area (Å²) in [4.78, 5) is 11.7. The number of carbonyl (C=O) groups is 1. The van der Waals surface area contributed by atoms with Gasteiger partial charge in [-0.15, -0.1) is 0 Å². The first-order chi connectivity index (χ1) is 7.32. The summed E-state index contributed by atoms with van der Waals surface area (Å²) in [5.74, 6) is -0.146. The van der Waals surface area contributed by atoms with E-state index in [1.807, 2.05) is 24.3 Å². The summed E-state index contributed by atoms with van der Waals surface area (Å²) >= 11 is 0. The van der Waals surface area contributed by atoms with Crippen molar-refractivity contribution >= 4 is 5.97 Å². The molecule has 1 aromatic carbocycles. The number of esters is 1. The molecule has 1 fully saturated rings. The van der Waals surface area contributed by atoms with Crippen molar-refractivity contribution in [1.29, 1.82) is 0 Å². The third kappa shape index (κ3) is 1.21. The molecule has 0 N–H and O–H groups in total. The van der Waals surface area contributed by atoms with E-state index in [1.165, 1.54) is 0 Å². The number of ether oxygens (including phenoxy) is 1. The number of fused-ring (bicyclic) bond motifs is 2. The van der Waals surface area contributed by atoms with Gasteiger partial charge in [-0.1, -0.05) is 18.2 Å². The topological polar surface area (TPSA) is 26.3 Å². The van der Waals surface area contributed by atoms with Crippen LogP contribution in [0.3, 0.4) is 0 Å². The Bertz CT molecular complexity index is 403. The molecule has 1 radical (unpaired) electrons. The SMILES string of the molecule is O=C1OC2(CC[CH]CC2)c2ccccc21. The fraction of sp³-hybridized carbons (Fsp3) is 0.385. The van der Waals surface area contributed by atoms with Gasteiger partial charge in [-0.05, 0) is 38.2 Å². The molecule has 1 aliphatic heterocycles. The van der Waals surface area contributed by atoms with Crippen molar-refractivity contribution in [2.45, 2.75) is 31.3 Å². The molecule has 1 aliphatic carbocycles. The van der Waals surface area contributed by atoms with E-state index in [2.05, 4.69) is 6.42 Å². The van der Waals surface area contributed by atoms with Crippen LogP contribution in [0.25, 0.3) is 0 Å². The second-order valence-electron chi connectivity index (χ2n) is 4.30. The second kappa shape index (κ2) is 3.09. The predicted molar refractivity (Wildman–Crippen MR) is 56.3 cm³/mol. The summed E-state index contributed by atoms with van der Waals surface area (Å²) < 4.78 is 5.60. The van der Waals surface area contributed by atoms with Gasteiger partial charge in [0.25, 0.3) is 0 Å². The fourth-order valence-electron chi connectivity index (χ4n) is 2.66. The molecule has 2 nitrogen and oxygen atoms in total. The van der Waals surface area contributed by atoms with Crippen LogP contribution in [-0.2, 0) is 10.3 Å². The molecule has 1 spiro atoms. The summed E-state index contributed by atoms with van der Waals surface area (Å²) in [5, 5.41) is 0. The minimum Gasteiger partial charge on any atom is -0.451 e. The van der Waals surface area contributed by atoms with Gasteiger partial charge in [0.05, 0.1) is 5.56 Å². The Kier molecular flexibility index (Phi) is 1.84. The van der Waals surface area contributed by atoms with Gasteiger partial charge < -0.3 is 4.74 Å². The molecule has 3 rings (SSSR count). The Morgan fingerprint density at radius 3 is 2.67 bits per heavy atom. The lowest BCUT2D eigenvalue weighted by Gasteiger charge is -2.32. The van der Waals surface area contributed by atoms with Crippen LogP contribution in [0.1, 0.15) is 41.6 Å². The van der Waals surface area contributed by atoms with Crippen LogP contribution in [0.15, 0.2) is 24.3 Å². The van der Waals surface area contributed by atoms with E-state index in [1.54, 1.807) is 0 Å². The molecule has 0 saturated heterocycles. The highest BCUT2D eigenvalue weighted by molar-refractivity contribution is 5.94. The Morgan fingerprint density at radius 1 is 1.13 bits per heavy atom. The first kappa shape index (κ1) is 8.96. The van der Waals surface area contributed by atoms with E-state index in [-0.39, 0.29) is 11.6 Å². The molecule has 2 heteroatoms. The lowest BCUT2D eigenvalue weighted by atomic mass is 9.79. The Labute approximate surface area is 89.2 Å². The molecule has 0 aromatic heterocycles. The normalized spacial score (nSPS) is 22.5. The smallest absolute Gasteiger partial charge is 0.339 e. The standard InChI is InChI=1S/C13H13O2/c14-12-10-6-2-3-7-11(10)13(15-12)8-4-1-5-9-13/h1-3,6-7H,4-5,8-9H2. The van der Waals surface area contributed by atoms with Gasteiger partial charge >= 0.3 is 5.97 Å². The van der Waals surface area contributed by atoms with Gasteiger partial charge in [-0.2, -0.15) is 0 Å². The van der Waals surface area contributed by atoms with Crippen molar-refractivity contribution in [3.8, 4) is 0 Å². The second-order valence-corrected chi connectivity index (χ2v) is 4.30. The maximum atomic E-state index is 11.7. The highest BCUT2D eigenvalue weighted by atomic mass is 16.6. The van der Waals surface area contributed by atoms with Gasteiger partial charge in [0.15, 0.2) is 0 Å². The summed E-state index contributed by atoms with van der Waals surface area (Å²) in [7, 11) is 0. The molecule has 15 heavy (non-hydrogen) atoms. The highest BCUT2D eigenvalue weighted by Crippen LogP contribution is 2.46. The van der Waals surface area contributed by atoms with Crippen molar-refractivity contribution in [3.63, 3.8) is 0 Å².